The fourth-order valence-corrected chi connectivity index (χ4v) is 1.43. The Morgan fingerprint density at radius 3 is 2.56 bits per heavy atom. The van der Waals surface area contributed by atoms with Gasteiger partial charge in [-0.25, -0.2) is 4.79 Å². The highest BCUT2D eigenvalue weighted by Crippen LogP contribution is 2.15. The SMILES string of the molecule is CC(O)(CNC(=O)Cc1ccccc1Cl)C(=O)O. The summed E-state index contributed by atoms with van der Waals surface area (Å²) in [7, 11) is 0. The van der Waals surface area contributed by atoms with Gasteiger partial charge in [0.25, 0.3) is 0 Å². The van der Waals surface area contributed by atoms with Crippen molar-refractivity contribution in [3.63, 3.8) is 0 Å². The number of carboxylic acids is 1. The Kier molecular flexibility index (Phi) is 4.69. The lowest BCUT2D eigenvalue weighted by Crippen LogP contribution is -2.46. The number of aliphatic hydroxyl groups is 1. The maximum atomic E-state index is 11.6. The highest BCUT2D eigenvalue weighted by atomic mass is 35.5. The number of hydrogen-bond donors (Lipinski definition) is 3. The molecule has 0 bridgehead atoms. The maximum Gasteiger partial charge on any atom is 0.337 e. The lowest BCUT2D eigenvalue weighted by Gasteiger charge is -2.18. The van der Waals surface area contributed by atoms with Crippen molar-refractivity contribution in [1.82, 2.24) is 5.32 Å². The summed E-state index contributed by atoms with van der Waals surface area (Å²) in [4.78, 5) is 22.2. The molecule has 18 heavy (non-hydrogen) atoms. The van der Waals surface area contributed by atoms with Crippen molar-refractivity contribution in [3.8, 4) is 0 Å². The number of nitrogens with one attached hydrogen (secondary N) is 1. The molecule has 0 radical (unpaired) electrons. The number of halogens is 1. The van der Waals surface area contributed by atoms with Crippen molar-refractivity contribution in [2.45, 2.75) is 18.9 Å². The largest absolute Gasteiger partial charge is 0.479 e. The van der Waals surface area contributed by atoms with Crippen LogP contribution in [0.3, 0.4) is 0 Å². The van der Waals surface area contributed by atoms with Crippen LogP contribution in [0.15, 0.2) is 24.3 Å². The van der Waals surface area contributed by atoms with E-state index in [1.165, 1.54) is 0 Å². The lowest BCUT2D eigenvalue weighted by atomic mass is 10.1. The molecule has 5 nitrogen and oxygen atoms in total. The molecule has 0 saturated heterocycles. The van der Waals surface area contributed by atoms with Crippen molar-refractivity contribution >= 4 is 23.5 Å². The van der Waals surface area contributed by atoms with Gasteiger partial charge in [0.2, 0.25) is 5.91 Å². The van der Waals surface area contributed by atoms with Gasteiger partial charge in [-0.2, -0.15) is 0 Å². The quantitative estimate of drug-likeness (QED) is 0.740. The second-order valence-corrected chi connectivity index (χ2v) is 4.53. The number of rotatable bonds is 5. The molecule has 0 aromatic heterocycles. The minimum atomic E-state index is -1.98. The molecule has 1 atom stereocenters. The van der Waals surface area contributed by atoms with Crippen molar-refractivity contribution in [2.24, 2.45) is 0 Å². The Labute approximate surface area is 109 Å². The van der Waals surface area contributed by atoms with Gasteiger partial charge in [-0.15, -0.1) is 0 Å². The first kappa shape index (κ1) is 14.5. The van der Waals surface area contributed by atoms with Crippen molar-refractivity contribution in [3.05, 3.63) is 34.9 Å². The number of aliphatic carboxylic acids is 1. The van der Waals surface area contributed by atoms with Crippen LogP contribution in [-0.2, 0) is 16.0 Å². The molecule has 1 rings (SSSR count). The molecule has 1 amide bonds. The number of hydrogen-bond acceptors (Lipinski definition) is 3. The molecule has 1 aromatic carbocycles. The van der Waals surface area contributed by atoms with E-state index in [1.54, 1.807) is 24.3 Å². The molecule has 0 spiro atoms. The van der Waals surface area contributed by atoms with E-state index in [1.807, 2.05) is 0 Å². The summed E-state index contributed by atoms with van der Waals surface area (Å²) in [6.07, 6.45) is 0.0371. The molecule has 0 fully saturated rings. The van der Waals surface area contributed by atoms with Crippen LogP contribution in [0.1, 0.15) is 12.5 Å². The van der Waals surface area contributed by atoms with Crippen LogP contribution in [-0.4, -0.2) is 34.2 Å². The molecule has 6 heteroatoms. The normalized spacial score (nSPS) is 13.7. The highest BCUT2D eigenvalue weighted by Gasteiger charge is 2.30. The zero-order valence-corrected chi connectivity index (χ0v) is 10.6. The van der Waals surface area contributed by atoms with Gasteiger partial charge in [0.05, 0.1) is 13.0 Å². The molecular formula is C12H14ClNO4. The van der Waals surface area contributed by atoms with Gasteiger partial charge in [-0.05, 0) is 18.6 Å². The number of carboxylic acid groups (broad SMARTS) is 1. The van der Waals surface area contributed by atoms with Crippen LogP contribution in [0.4, 0.5) is 0 Å². The van der Waals surface area contributed by atoms with E-state index in [0.29, 0.717) is 10.6 Å². The van der Waals surface area contributed by atoms with Gasteiger partial charge in [-0.3, -0.25) is 4.79 Å². The second-order valence-electron chi connectivity index (χ2n) is 4.12. The van der Waals surface area contributed by atoms with Crippen LogP contribution in [0.2, 0.25) is 5.02 Å². The number of carbonyl (C=O) groups is 2. The average molecular weight is 272 g/mol. The van der Waals surface area contributed by atoms with Crippen LogP contribution in [0.5, 0.6) is 0 Å². The lowest BCUT2D eigenvalue weighted by molar-refractivity contribution is -0.156. The fourth-order valence-electron chi connectivity index (χ4n) is 1.22. The first-order chi connectivity index (χ1) is 8.33. The molecule has 98 valence electrons. The first-order valence-corrected chi connectivity index (χ1v) is 5.66. The van der Waals surface area contributed by atoms with Crippen molar-refractivity contribution in [2.75, 3.05) is 6.54 Å². The molecule has 1 unspecified atom stereocenters. The minimum absolute atomic E-state index is 0.0371. The maximum absolute atomic E-state index is 11.6. The Morgan fingerprint density at radius 2 is 2.00 bits per heavy atom. The van der Waals surface area contributed by atoms with E-state index in [2.05, 4.69) is 5.32 Å². The Bertz CT molecular complexity index is 459. The summed E-state index contributed by atoms with van der Waals surface area (Å²) in [5, 5.41) is 20.9. The topological polar surface area (TPSA) is 86.6 Å². The van der Waals surface area contributed by atoms with E-state index in [4.69, 9.17) is 16.7 Å². The molecular weight excluding hydrogens is 258 g/mol. The van der Waals surface area contributed by atoms with Gasteiger partial charge in [-0.1, -0.05) is 29.8 Å². The van der Waals surface area contributed by atoms with E-state index < -0.39 is 17.5 Å². The van der Waals surface area contributed by atoms with Gasteiger partial charge in [0, 0.05) is 5.02 Å². The third kappa shape index (κ3) is 4.01. The molecule has 0 heterocycles. The summed E-state index contributed by atoms with van der Waals surface area (Å²) < 4.78 is 0. The van der Waals surface area contributed by atoms with Crippen LogP contribution in [0.25, 0.3) is 0 Å². The Hall–Kier alpha value is -1.59. The molecule has 0 aliphatic carbocycles. The number of amides is 1. The molecule has 1 aromatic rings. The summed E-state index contributed by atoms with van der Waals surface area (Å²) in [6.45, 7) is 0.761. The molecule has 0 aliphatic heterocycles. The van der Waals surface area contributed by atoms with E-state index in [0.717, 1.165) is 6.92 Å². The molecule has 3 N–H and O–H groups in total. The first-order valence-electron chi connectivity index (χ1n) is 5.29. The van der Waals surface area contributed by atoms with Crippen LogP contribution >= 0.6 is 11.6 Å². The highest BCUT2D eigenvalue weighted by molar-refractivity contribution is 6.31. The third-order valence-electron chi connectivity index (χ3n) is 2.40. The van der Waals surface area contributed by atoms with Crippen molar-refractivity contribution in [1.29, 1.82) is 0 Å². The van der Waals surface area contributed by atoms with Gasteiger partial charge in [0.1, 0.15) is 0 Å². The third-order valence-corrected chi connectivity index (χ3v) is 2.77. The zero-order chi connectivity index (χ0) is 13.8. The Balaban J connectivity index is 2.54. The predicted molar refractivity (Wildman–Crippen MR) is 66.4 cm³/mol. The van der Waals surface area contributed by atoms with Gasteiger partial charge < -0.3 is 15.5 Å². The minimum Gasteiger partial charge on any atom is -0.479 e. The predicted octanol–water partition coefficient (Wildman–Crippen LogP) is 0.834. The summed E-state index contributed by atoms with van der Waals surface area (Å²) >= 11 is 5.89. The van der Waals surface area contributed by atoms with E-state index in [-0.39, 0.29) is 13.0 Å². The van der Waals surface area contributed by atoms with E-state index in [9.17, 15) is 14.7 Å². The summed E-state index contributed by atoms with van der Waals surface area (Å²) in [6, 6.07) is 6.87. The second kappa shape index (κ2) is 5.84. The molecule has 0 aliphatic rings. The Morgan fingerprint density at radius 1 is 1.39 bits per heavy atom. The smallest absolute Gasteiger partial charge is 0.337 e. The summed E-state index contributed by atoms with van der Waals surface area (Å²) in [5.74, 6) is -1.79. The summed E-state index contributed by atoms with van der Waals surface area (Å²) in [5.41, 5.74) is -1.33. The van der Waals surface area contributed by atoms with Crippen molar-refractivity contribution < 1.29 is 19.8 Å². The average Bonchev–Trinajstić information content (AvgIpc) is 2.29. The van der Waals surface area contributed by atoms with Gasteiger partial charge >= 0.3 is 5.97 Å². The molecule has 0 saturated carbocycles. The standard InChI is InChI=1S/C12H14ClNO4/c1-12(18,11(16)17)7-14-10(15)6-8-4-2-3-5-9(8)13/h2-5,18H,6-7H2,1H3,(H,14,15)(H,16,17). The number of carbonyl (C=O) groups excluding carboxylic acids is 1. The van der Waals surface area contributed by atoms with Crippen LogP contribution < -0.4 is 5.32 Å². The van der Waals surface area contributed by atoms with E-state index >= 15 is 0 Å². The monoisotopic (exact) mass is 271 g/mol. The van der Waals surface area contributed by atoms with Gasteiger partial charge in [0.15, 0.2) is 5.60 Å². The van der Waals surface area contributed by atoms with Crippen LogP contribution in [0, 0.1) is 0 Å². The number of benzene rings is 1. The zero-order valence-electron chi connectivity index (χ0n) is 9.81. The fraction of sp³-hybridized carbons (Fsp3) is 0.333.